The highest BCUT2D eigenvalue weighted by atomic mass is 79.9. The fraction of sp³-hybridized carbons (Fsp3) is 0.217. The Balaban J connectivity index is 1.47. The van der Waals surface area contributed by atoms with Crippen molar-refractivity contribution < 1.29 is 13.9 Å². The van der Waals surface area contributed by atoms with E-state index in [0.717, 1.165) is 22.2 Å². The smallest absolute Gasteiger partial charge is 0.277 e. The van der Waals surface area contributed by atoms with E-state index in [1.54, 1.807) is 6.07 Å². The minimum absolute atomic E-state index is 0.109. The number of ether oxygens (including phenoxy) is 1. The summed E-state index contributed by atoms with van der Waals surface area (Å²) < 4.78 is 12.2. The highest BCUT2D eigenvalue weighted by Crippen LogP contribution is 2.23. The van der Waals surface area contributed by atoms with Gasteiger partial charge in [-0.25, -0.2) is 5.43 Å². The van der Waals surface area contributed by atoms with Gasteiger partial charge in [-0.05, 0) is 54.3 Å². The fourth-order valence-electron chi connectivity index (χ4n) is 2.67. The molecule has 1 aromatic heterocycles. The number of hydrogen-bond donors (Lipinski definition) is 1. The zero-order valence-corrected chi connectivity index (χ0v) is 18.0. The van der Waals surface area contributed by atoms with Crippen molar-refractivity contribution in [2.75, 3.05) is 6.61 Å². The highest BCUT2D eigenvalue weighted by Gasteiger charge is 2.06. The normalized spacial score (nSPS) is 12.1. The molecule has 0 saturated heterocycles. The minimum atomic E-state index is -0.341. The monoisotopic (exact) mass is 454 g/mol. The molecule has 3 aromatic rings. The van der Waals surface area contributed by atoms with Crippen LogP contribution in [0.5, 0.6) is 5.75 Å². The third-order valence-electron chi connectivity index (χ3n) is 4.57. The quantitative estimate of drug-likeness (QED) is 0.348. The third-order valence-corrected chi connectivity index (χ3v) is 5.10. The van der Waals surface area contributed by atoms with Gasteiger partial charge in [0.05, 0.1) is 6.21 Å². The second-order valence-electron chi connectivity index (χ2n) is 6.67. The zero-order valence-electron chi connectivity index (χ0n) is 16.4. The molecule has 0 aliphatic carbocycles. The lowest BCUT2D eigenvalue weighted by molar-refractivity contribution is -0.123. The highest BCUT2D eigenvalue weighted by molar-refractivity contribution is 9.10. The van der Waals surface area contributed by atoms with Crippen molar-refractivity contribution in [1.82, 2.24) is 5.43 Å². The largest absolute Gasteiger partial charge is 0.484 e. The molecule has 1 amide bonds. The number of carbonyl (C=O) groups excluding carboxylic acids is 1. The van der Waals surface area contributed by atoms with E-state index in [-0.39, 0.29) is 12.5 Å². The molecule has 0 spiro atoms. The van der Waals surface area contributed by atoms with Gasteiger partial charge in [-0.15, -0.1) is 0 Å². The summed E-state index contributed by atoms with van der Waals surface area (Å²) in [5, 5.41) is 3.92. The van der Waals surface area contributed by atoms with Crippen molar-refractivity contribution in [1.29, 1.82) is 0 Å². The Kier molecular flexibility index (Phi) is 7.25. The number of halogens is 1. The Bertz CT molecular complexity index is 963. The molecule has 0 aliphatic rings. The maximum atomic E-state index is 11.9. The fourth-order valence-corrected chi connectivity index (χ4v) is 2.93. The van der Waals surface area contributed by atoms with Gasteiger partial charge >= 0.3 is 0 Å². The summed E-state index contributed by atoms with van der Waals surface area (Å²) in [6, 6.07) is 19.3. The number of amides is 1. The topological polar surface area (TPSA) is 63.8 Å². The third kappa shape index (κ3) is 6.06. The molecule has 0 saturated carbocycles. The van der Waals surface area contributed by atoms with E-state index in [4.69, 9.17) is 9.15 Å². The van der Waals surface area contributed by atoms with Gasteiger partial charge in [0.25, 0.3) is 5.91 Å². The lowest BCUT2D eigenvalue weighted by atomic mass is 9.99. The lowest BCUT2D eigenvalue weighted by Crippen LogP contribution is -2.24. The van der Waals surface area contributed by atoms with Crippen molar-refractivity contribution in [3.63, 3.8) is 0 Å². The van der Waals surface area contributed by atoms with Crippen molar-refractivity contribution in [2.45, 2.75) is 26.2 Å². The van der Waals surface area contributed by atoms with Crippen molar-refractivity contribution in [3.05, 3.63) is 76.5 Å². The number of nitrogens with zero attached hydrogens (tertiary/aromatic N) is 1. The van der Waals surface area contributed by atoms with Crippen LogP contribution in [-0.2, 0) is 4.79 Å². The first-order chi connectivity index (χ1) is 14.0. The summed E-state index contributed by atoms with van der Waals surface area (Å²) in [6.07, 6.45) is 2.54. The summed E-state index contributed by atoms with van der Waals surface area (Å²) in [5.74, 6) is 2.10. The Morgan fingerprint density at radius 1 is 1.14 bits per heavy atom. The van der Waals surface area contributed by atoms with E-state index in [9.17, 15) is 4.79 Å². The standard InChI is InChI=1S/C23H23BrN2O3/c1-3-16(2)17-6-10-20(11-7-17)28-15-23(27)26-25-14-21-12-13-22(29-21)18-4-8-19(24)9-5-18/h4-14,16H,3,15H2,1-2H3,(H,26,27)/b25-14-/t16-/m1/s1. The van der Waals surface area contributed by atoms with Crippen LogP contribution in [0.2, 0.25) is 0 Å². The van der Waals surface area contributed by atoms with Crippen molar-refractivity contribution in [2.24, 2.45) is 5.10 Å². The molecule has 0 bridgehead atoms. The first-order valence-corrected chi connectivity index (χ1v) is 10.2. The molecular weight excluding hydrogens is 432 g/mol. The van der Waals surface area contributed by atoms with Gasteiger partial charge in [-0.3, -0.25) is 4.79 Å². The molecule has 5 nitrogen and oxygen atoms in total. The number of hydrogen-bond acceptors (Lipinski definition) is 4. The van der Waals surface area contributed by atoms with Crippen LogP contribution in [0.4, 0.5) is 0 Å². The molecular formula is C23H23BrN2O3. The van der Waals surface area contributed by atoms with E-state index < -0.39 is 0 Å². The maximum Gasteiger partial charge on any atom is 0.277 e. The molecule has 0 radical (unpaired) electrons. The summed E-state index contributed by atoms with van der Waals surface area (Å²) in [4.78, 5) is 11.9. The Labute approximate surface area is 178 Å². The Morgan fingerprint density at radius 2 is 1.86 bits per heavy atom. The van der Waals surface area contributed by atoms with Gasteiger partial charge in [-0.1, -0.05) is 54.0 Å². The first-order valence-electron chi connectivity index (χ1n) is 9.45. The van der Waals surface area contributed by atoms with E-state index in [1.165, 1.54) is 11.8 Å². The SMILES string of the molecule is CC[C@@H](C)c1ccc(OCC(=O)N/N=C\c2ccc(-c3ccc(Br)cc3)o2)cc1. The summed E-state index contributed by atoms with van der Waals surface area (Å²) in [7, 11) is 0. The van der Waals surface area contributed by atoms with Crippen LogP contribution < -0.4 is 10.2 Å². The number of carbonyl (C=O) groups is 1. The number of nitrogens with one attached hydrogen (secondary N) is 1. The number of rotatable bonds is 8. The molecule has 3 rings (SSSR count). The summed E-state index contributed by atoms with van der Waals surface area (Å²) in [6.45, 7) is 4.23. The van der Waals surface area contributed by atoms with E-state index in [2.05, 4.69) is 40.3 Å². The molecule has 0 fully saturated rings. The summed E-state index contributed by atoms with van der Waals surface area (Å²) in [5.41, 5.74) is 4.66. The lowest BCUT2D eigenvalue weighted by Gasteiger charge is -2.10. The van der Waals surface area contributed by atoms with Gasteiger partial charge in [0.15, 0.2) is 6.61 Å². The van der Waals surface area contributed by atoms with Gasteiger partial charge in [0.1, 0.15) is 17.3 Å². The number of hydrazone groups is 1. The number of furan rings is 1. The summed E-state index contributed by atoms with van der Waals surface area (Å²) >= 11 is 3.41. The predicted octanol–water partition coefficient (Wildman–Crippen LogP) is 5.75. The van der Waals surface area contributed by atoms with Crippen LogP contribution in [0.15, 0.2) is 74.7 Å². The van der Waals surface area contributed by atoms with Gasteiger partial charge in [-0.2, -0.15) is 5.10 Å². The molecule has 1 heterocycles. The second-order valence-corrected chi connectivity index (χ2v) is 7.58. The molecule has 1 N–H and O–H groups in total. The van der Waals surface area contributed by atoms with Crippen LogP contribution in [0.1, 0.15) is 37.5 Å². The van der Waals surface area contributed by atoms with Crippen LogP contribution in [0.3, 0.4) is 0 Å². The maximum absolute atomic E-state index is 11.9. The van der Waals surface area contributed by atoms with E-state index in [0.29, 0.717) is 17.4 Å². The molecule has 2 aromatic carbocycles. The predicted molar refractivity (Wildman–Crippen MR) is 118 cm³/mol. The van der Waals surface area contributed by atoms with Gasteiger partial charge in [0.2, 0.25) is 0 Å². The molecule has 150 valence electrons. The van der Waals surface area contributed by atoms with Gasteiger partial charge < -0.3 is 9.15 Å². The molecule has 0 aliphatic heterocycles. The average Bonchev–Trinajstić information content (AvgIpc) is 3.21. The van der Waals surface area contributed by atoms with Crippen LogP contribution in [-0.4, -0.2) is 18.7 Å². The average molecular weight is 455 g/mol. The van der Waals surface area contributed by atoms with Crippen LogP contribution in [0.25, 0.3) is 11.3 Å². The Morgan fingerprint density at radius 3 is 2.55 bits per heavy atom. The van der Waals surface area contributed by atoms with Crippen LogP contribution in [0, 0.1) is 0 Å². The minimum Gasteiger partial charge on any atom is -0.484 e. The second kappa shape index (κ2) is 10.1. The van der Waals surface area contributed by atoms with E-state index >= 15 is 0 Å². The van der Waals surface area contributed by atoms with E-state index in [1.807, 2.05) is 54.6 Å². The van der Waals surface area contributed by atoms with Crippen molar-refractivity contribution in [3.8, 4) is 17.1 Å². The van der Waals surface area contributed by atoms with Gasteiger partial charge in [0, 0.05) is 10.0 Å². The Hall–Kier alpha value is -2.86. The molecule has 0 unspecified atom stereocenters. The molecule has 6 heteroatoms. The zero-order chi connectivity index (χ0) is 20.6. The van der Waals surface area contributed by atoms with Crippen LogP contribution >= 0.6 is 15.9 Å². The number of benzene rings is 2. The first kappa shape index (κ1) is 20.9. The van der Waals surface area contributed by atoms with Crippen molar-refractivity contribution >= 4 is 28.1 Å². The molecule has 29 heavy (non-hydrogen) atoms. The molecule has 1 atom stereocenters.